The first-order chi connectivity index (χ1) is 14.4. The molecule has 1 aliphatic rings. The van der Waals surface area contributed by atoms with E-state index in [-0.39, 0.29) is 17.1 Å². The van der Waals surface area contributed by atoms with Gasteiger partial charge in [-0.2, -0.15) is 0 Å². The van der Waals surface area contributed by atoms with Crippen LogP contribution in [0.3, 0.4) is 0 Å². The van der Waals surface area contributed by atoms with Crippen molar-refractivity contribution in [3.05, 3.63) is 103 Å². The number of benzene rings is 3. The first kappa shape index (κ1) is 19.4. The Kier molecular flexibility index (Phi) is 4.83. The number of hydrogen-bond acceptors (Lipinski definition) is 6. The number of non-ortho nitro benzene ring substituents is 2. The van der Waals surface area contributed by atoms with Crippen molar-refractivity contribution in [3.63, 3.8) is 0 Å². The topological polar surface area (TPSA) is 110 Å². The third kappa shape index (κ3) is 3.32. The van der Waals surface area contributed by atoms with Gasteiger partial charge in [-0.25, -0.2) is 0 Å². The zero-order valence-corrected chi connectivity index (χ0v) is 16.2. The minimum Gasteiger partial charge on any atom is -0.508 e. The number of aromatic hydroxyl groups is 1. The number of nitro groups is 2. The zero-order chi connectivity index (χ0) is 21.4. The van der Waals surface area contributed by atoms with E-state index in [1.165, 1.54) is 24.3 Å². The Hall–Kier alpha value is -3.94. The Morgan fingerprint density at radius 2 is 1.60 bits per heavy atom. The van der Waals surface area contributed by atoms with Crippen LogP contribution in [0.5, 0.6) is 5.75 Å². The number of nitrogens with zero attached hydrogens (tertiary/aromatic N) is 3. The summed E-state index contributed by atoms with van der Waals surface area (Å²) in [6, 6.07) is 15.9. The molecule has 30 heavy (non-hydrogen) atoms. The molecule has 4 rings (SSSR count). The molecule has 1 atom stereocenters. The van der Waals surface area contributed by atoms with Gasteiger partial charge in [0.2, 0.25) is 0 Å². The van der Waals surface area contributed by atoms with Crippen molar-refractivity contribution in [3.8, 4) is 5.75 Å². The second-order valence-electron chi connectivity index (χ2n) is 7.27. The molecule has 0 amide bonds. The van der Waals surface area contributed by atoms with Crippen LogP contribution in [0.15, 0.2) is 60.7 Å². The molecule has 1 N–H and O–H groups in total. The van der Waals surface area contributed by atoms with Crippen molar-refractivity contribution >= 4 is 17.1 Å². The van der Waals surface area contributed by atoms with Gasteiger partial charge in [-0.05, 0) is 42.2 Å². The van der Waals surface area contributed by atoms with E-state index < -0.39 is 15.9 Å². The highest BCUT2D eigenvalue weighted by Gasteiger charge is 2.32. The minimum absolute atomic E-state index is 0.0289. The molecule has 0 aromatic heterocycles. The maximum atomic E-state index is 11.4. The summed E-state index contributed by atoms with van der Waals surface area (Å²) < 4.78 is 0. The van der Waals surface area contributed by atoms with Crippen molar-refractivity contribution < 1.29 is 15.0 Å². The van der Waals surface area contributed by atoms with E-state index in [9.17, 15) is 25.3 Å². The van der Waals surface area contributed by atoms with Crippen molar-refractivity contribution in [2.45, 2.75) is 19.4 Å². The van der Waals surface area contributed by atoms with Gasteiger partial charge in [0.1, 0.15) is 5.75 Å². The second kappa shape index (κ2) is 7.47. The lowest BCUT2D eigenvalue weighted by molar-refractivity contribution is -0.385. The normalized spacial score (nSPS) is 13.7. The number of aryl methyl sites for hydroxylation is 1. The van der Waals surface area contributed by atoms with Gasteiger partial charge in [-0.1, -0.05) is 24.3 Å². The number of fused-ring (bicyclic) bond motifs is 1. The summed E-state index contributed by atoms with van der Waals surface area (Å²) in [5, 5.41) is 33.1. The van der Waals surface area contributed by atoms with E-state index in [2.05, 4.69) is 0 Å². The molecule has 3 aromatic rings. The third-order valence-corrected chi connectivity index (χ3v) is 5.52. The van der Waals surface area contributed by atoms with Crippen LogP contribution in [-0.2, 0) is 6.42 Å². The fourth-order valence-electron chi connectivity index (χ4n) is 4.07. The van der Waals surface area contributed by atoms with E-state index in [1.54, 1.807) is 12.1 Å². The predicted molar refractivity (Wildman–Crippen MR) is 112 cm³/mol. The summed E-state index contributed by atoms with van der Waals surface area (Å²) in [5.74, 6) is -0.0378. The Morgan fingerprint density at radius 3 is 2.30 bits per heavy atom. The van der Waals surface area contributed by atoms with Crippen LogP contribution in [0.1, 0.15) is 28.3 Å². The van der Waals surface area contributed by atoms with E-state index in [4.69, 9.17) is 0 Å². The Balaban J connectivity index is 1.90. The summed E-state index contributed by atoms with van der Waals surface area (Å²) >= 11 is 0. The molecule has 1 unspecified atom stereocenters. The predicted octanol–water partition coefficient (Wildman–Crippen LogP) is 4.67. The van der Waals surface area contributed by atoms with Crippen molar-refractivity contribution in [2.75, 3.05) is 11.4 Å². The number of nitro benzene ring substituents is 2. The molecule has 0 fully saturated rings. The largest absolute Gasteiger partial charge is 0.508 e. The van der Waals surface area contributed by atoms with E-state index >= 15 is 0 Å². The molecule has 8 heteroatoms. The van der Waals surface area contributed by atoms with Gasteiger partial charge in [0.25, 0.3) is 11.4 Å². The molecule has 0 spiro atoms. The van der Waals surface area contributed by atoms with Gasteiger partial charge in [-0.3, -0.25) is 20.2 Å². The molecule has 0 radical (unpaired) electrons. The molecule has 0 saturated carbocycles. The second-order valence-corrected chi connectivity index (χ2v) is 7.27. The van der Waals surface area contributed by atoms with Crippen LogP contribution in [0.2, 0.25) is 0 Å². The van der Waals surface area contributed by atoms with Gasteiger partial charge in [-0.15, -0.1) is 0 Å². The molecule has 1 aliphatic heterocycles. The van der Waals surface area contributed by atoms with Crippen LogP contribution in [0.25, 0.3) is 0 Å². The van der Waals surface area contributed by atoms with Crippen LogP contribution < -0.4 is 4.90 Å². The van der Waals surface area contributed by atoms with Crippen LogP contribution in [-0.4, -0.2) is 21.5 Å². The minimum atomic E-state index is -0.487. The average Bonchev–Trinajstić information content (AvgIpc) is 3.13. The van der Waals surface area contributed by atoms with Gasteiger partial charge in [0.05, 0.1) is 15.9 Å². The third-order valence-electron chi connectivity index (χ3n) is 5.52. The zero-order valence-electron chi connectivity index (χ0n) is 16.2. The van der Waals surface area contributed by atoms with Crippen molar-refractivity contribution in [1.82, 2.24) is 0 Å². The maximum Gasteiger partial charge on any atom is 0.270 e. The summed E-state index contributed by atoms with van der Waals surface area (Å²) in [4.78, 5) is 23.6. The smallest absolute Gasteiger partial charge is 0.270 e. The Morgan fingerprint density at radius 1 is 0.933 bits per heavy atom. The number of rotatable bonds is 5. The number of hydrogen-bond donors (Lipinski definition) is 1. The molecule has 1 heterocycles. The quantitative estimate of drug-likeness (QED) is 0.488. The van der Waals surface area contributed by atoms with E-state index in [0.717, 1.165) is 22.4 Å². The van der Waals surface area contributed by atoms with E-state index in [1.807, 2.05) is 36.1 Å². The van der Waals surface area contributed by atoms with E-state index in [0.29, 0.717) is 18.5 Å². The van der Waals surface area contributed by atoms with Gasteiger partial charge in [0, 0.05) is 42.1 Å². The SMILES string of the molecule is Cc1ccccc1C(c1cc([N+](=O)[O-])ccc1O)N1CCc2cc([N+](=O)[O-])ccc21. The monoisotopic (exact) mass is 405 g/mol. The molecule has 3 aromatic carbocycles. The molecule has 0 saturated heterocycles. The van der Waals surface area contributed by atoms with Gasteiger partial charge < -0.3 is 10.0 Å². The van der Waals surface area contributed by atoms with Crippen molar-refractivity contribution in [1.29, 1.82) is 0 Å². The molecule has 0 aliphatic carbocycles. The number of phenols is 1. The summed E-state index contributed by atoms with van der Waals surface area (Å²) in [6.45, 7) is 2.52. The molecule has 152 valence electrons. The number of anilines is 1. The lowest BCUT2D eigenvalue weighted by Crippen LogP contribution is -2.28. The summed E-state index contributed by atoms with van der Waals surface area (Å²) in [6.07, 6.45) is 0.606. The lowest BCUT2D eigenvalue weighted by atomic mass is 9.92. The Bertz CT molecular complexity index is 1160. The molecule has 0 bridgehead atoms. The molecular formula is C22H19N3O5. The van der Waals surface area contributed by atoms with Crippen LogP contribution >= 0.6 is 0 Å². The maximum absolute atomic E-state index is 11.4. The number of phenolic OH excluding ortho intramolecular Hbond substituents is 1. The highest BCUT2D eigenvalue weighted by molar-refractivity contribution is 5.66. The van der Waals surface area contributed by atoms with Gasteiger partial charge >= 0.3 is 0 Å². The standard InChI is InChI=1S/C22H19N3O5/c1-14-4-2-3-5-18(14)22(19-13-17(25(29)30)7-9-21(19)26)23-11-10-15-12-16(24(27)28)6-8-20(15)23/h2-9,12-13,22,26H,10-11H2,1H3. The van der Waals surface area contributed by atoms with Crippen LogP contribution in [0, 0.1) is 27.2 Å². The summed E-state index contributed by atoms with van der Waals surface area (Å²) in [5.41, 5.74) is 3.88. The average molecular weight is 405 g/mol. The van der Waals surface area contributed by atoms with Crippen LogP contribution in [0.4, 0.5) is 17.1 Å². The fraction of sp³-hybridized carbons (Fsp3) is 0.182. The first-order valence-corrected chi connectivity index (χ1v) is 9.43. The fourth-order valence-corrected chi connectivity index (χ4v) is 4.07. The first-order valence-electron chi connectivity index (χ1n) is 9.43. The summed E-state index contributed by atoms with van der Waals surface area (Å²) in [7, 11) is 0. The highest BCUT2D eigenvalue weighted by Crippen LogP contribution is 2.43. The highest BCUT2D eigenvalue weighted by atomic mass is 16.6. The lowest BCUT2D eigenvalue weighted by Gasteiger charge is -2.32. The molecular weight excluding hydrogens is 386 g/mol. The van der Waals surface area contributed by atoms with Gasteiger partial charge in [0.15, 0.2) is 0 Å². The van der Waals surface area contributed by atoms with Crippen molar-refractivity contribution in [2.24, 2.45) is 0 Å². The molecule has 8 nitrogen and oxygen atoms in total. The Labute approximate surface area is 172 Å².